The highest BCUT2D eigenvalue weighted by molar-refractivity contribution is 9.10. The highest BCUT2D eigenvalue weighted by atomic mass is 79.9. The summed E-state index contributed by atoms with van der Waals surface area (Å²) in [5.41, 5.74) is 6.57. The van der Waals surface area contributed by atoms with Gasteiger partial charge in [-0.25, -0.2) is 4.39 Å². The molecule has 1 unspecified atom stereocenters. The molecule has 4 heteroatoms. The van der Waals surface area contributed by atoms with Crippen LogP contribution in [-0.4, -0.2) is 12.6 Å². The van der Waals surface area contributed by atoms with Gasteiger partial charge in [-0.2, -0.15) is 0 Å². The maximum atomic E-state index is 13.1. The van der Waals surface area contributed by atoms with E-state index in [9.17, 15) is 4.39 Å². The van der Waals surface area contributed by atoms with Gasteiger partial charge in [-0.05, 0) is 29.7 Å². The molecule has 0 amide bonds. The molecule has 2 nitrogen and oxygen atoms in total. The summed E-state index contributed by atoms with van der Waals surface area (Å²) in [5.74, 6) is 0.252. The second-order valence-electron chi connectivity index (χ2n) is 4.24. The average molecular weight is 289 g/mol. The van der Waals surface area contributed by atoms with Crippen LogP contribution in [0.2, 0.25) is 0 Å². The Balaban J connectivity index is 2.60. The quantitative estimate of drug-likeness (QED) is 0.874. The molecule has 0 saturated heterocycles. The molecule has 0 fully saturated rings. The maximum absolute atomic E-state index is 13.1. The topological polar surface area (TPSA) is 38.0 Å². The van der Waals surface area contributed by atoms with Gasteiger partial charge in [-0.3, -0.25) is 0 Å². The second kappa shape index (κ2) is 6.33. The highest BCUT2D eigenvalue weighted by Crippen LogP contribution is 2.15. The van der Waals surface area contributed by atoms with E-state index in [1.807, 2.05) is 6.07 Å². The van der Waals surface area contributed by atoms with Crippen molar-refractivity contribution in [3.8, 4) is 0 Å². The van der Waals surface area contributed by atoms with E-state index in [-0.39, 0.29) is 11.9 Å². The smallest absolute Gasteiger partial charge is 0.124 e. The Hall–Kier alpha value is -0.450. The van der Waals surface area contributed by atoms with Crippen LogP contribution in [0.1, 0.15) is 19.4 Å². The fourth-order valence-corrected chi connectivity index (χ4v) is 2.07. The van der Waals surface area contributed by atoms with Crippen LogP contribution in [0.4, 0.5) is 4.39 Å². The largest absolute Gasteiger partial charge is 0.329 e. The van der Waals surface area contributed by atoms with E-state index in [4.69, 9.17) is 5.73 Å². The van der Waals surface area contributed by atoms with Gasteiger partial charge >= 0.3 is 0 Å². The molecule has 0 bridgehead atoms. The predicted molar refractivity (Wildman–Crippen MR) is 68.6 cm³/mol. The Bertz CT molecular complexity index is 322. The Morgan fingerprint density at radius 1 is 1.38 bits per heavy atom. The van der Waals surface area contributed by atoms with E-state index in [0.717, 1.165) is 10.0 Å². The Morgan fingerprint density at radius 2 is 2.06 bits per heavy atom. The zero-order valence-corrected chi connectivity index (χ0v) is 11.2. The summed E-state index contributed by atoms with van der Waals surface area (Å²) >= 11 is 3.27. The molecule has 0 aromatic heterocycles. The van der Waals surface area contributed by atoms with Crippen molar-refractivity contribution in [1.29, 1.82) is 0 Å². The van der Waals surface area contributed by atoms with Crippen LogP contribution in [-0.2, 0) is 6.54 Å². The molecule has 0 saturated carbocycles. The van der Waals surface area contributed by atoms with Gasteiger partial charge in [0.05, 0.1) is 0 Å². The molecule has 3 N–H and O–H groups in total. The van der Waals surface area contributed by atoms with Crippen molar-refractivity contribution in [2.75, 3.05) is 6.54 Å². The zero-order valence-electron chi connectivity index (χ0n) is 9.63. The van der Waals surface area contributed by atoms with Crippen LogP contribution in [0.3, 0.4) is 0 Å². The van der Waals surface area contributed by atoms with Crippen molar-refractivity contribution < 1.29 is 4.39 Å². The number of halogens is 2. The van der Waals surface area contributed by atoms with E-state index in [1.54, 1.807) is 0 Å². The fourth-order valence-electron chi connectivity index (χ4n) is 1.55. The molecule has 0 aliphatic carbocycles. The van der Waals surface area contributed by atoms with Crippen molar-refractivity contribution in [2.24, 2.45) is 11.7 Å². The molecular weight excluding hydrogens is 271 g/mol. The van der Waals surface area contributed by atoms with E-state index in [2.05, 4.69) is 35.1 Å². The van der Waals surface area contributed by atoms with Gasteiger partial charge in [0, 0.05) is 23.6 Å². The van der Waals surface area contributed by atoms with Crippen molar-refractivity contribution >= 4 is 15.9 Å². The molecule has 1 rings (SSSR count). The number of benzene rings is 1. The van der Waals surface area contributed by atoms with Gasteiger partial charge in [0.25, 0.3) is 0 Å². The lowest BCUT2D eigenvalue weighted by Gasteiger charge is -2.20. The first-order valence-electron chi connectivity index (χ1n) is 5.41. The Morgan fingerprint density at radius 3 is 2.56 bits per heavy atom. The summed E-state index contributed by atoms with van der Waals surface area (Å²) < 4.78 is 13.9. The Labute approximate surface area is 105 Å². The number of rotatable bonds is 5. The van der Waals surface area contributed by atoms with E-state index >= 15 is 0 Å². The molecule has 0 aliphatic rings. The molecule has 0 radical (unpaired) electrons. The van der Waals surface area contributed by atoms with Crippen molar-refractivity contribution in [3.05, 3.63) is 34.1 Å². The monoisotopic (exact) mass is 288 g/mol. The third-order valence-electron chi connectivity index (χ3n) is 2.55. The third-order valence-corrected chi connectivity index (χ3v) is 3.01. The second-order valence-corrected chi connectivity index (χ2v) is 5.16. The summed E-state index contributed by atoms with van der Waals surface area (Å²) in [6, 6.07) is 5.16. The van der Waals surface area contributed by atoms with E-state index in [1.165, 1.54) is 12.1 Å². The molecule has 0 spiro atoms. The zero-order chi connectivity index (χ0) is 12.1. The summed E-state index contributed by atoms with van der Waals surface area (Å²) in [7, 11) is 0. The lowest BCUT2D eigenvalue weighted by Crippen LogP contribution is -2.39. The first-order valence-corrected chi connectivity index (χ1v) is 6.20. The number of hydrogen-bond acceptors (Lipinski definition) is 2. The average Bonchev–Trinajstić information content (AvgIpc) is 2.16. The fraction of sp³-hybridized carbons (Fsp3) is 0.500. The molecular formula is C12H18BrFN2. The van der Waals surface area contributed by atoms with Gasteiger partial charge in [0.1, 0.15) is 5.82 Å². The van der Waals surface area contributed by atoms with Crippen molar-refractivity contribution in [2.45, 2.75) is 26.4 Å². The molecule has 1 aromatic rings. The molecule has 90 valence electrons. The highest BCUT2D eigenvalue weighted by Gasteiger charge is 2.10. The van der Waals surface area contributed by atoms with E-state index < -0.39 is 0 Å². The van der Waals surface area contributed by atoms with Crippen LogP contribution >= 0.6 is 15.9 Å². The van der Waals surface area contributed by atoms with Crippen molar-refractivity contribution in [3.63, 3.8) is 0 Å². The minimum Gasteiger partial charge on any atom is -0.329 e. The normalized spacial score (nSPS) is 13.1. The first-order chi connectivity index (χ1) is 7.52. The van der Waals surface area contributed by atoms with Crippen LogP contribution in [0.5, 0.6) is 0 Å². The molecule has 1 atom stereocenters. The predicted octanol–water partition coefficient (Wildman–Crippen LogP) is 2.66. The SMILES string of the molecule is CC(C)C(CN)NCc1cc(F)cc(Br)c1. The number of nitrogens with one attached hydrogen (secondary N) is 1. The standard InChI is InChI=1S/C12H18BrFN2/c1-8(2)12(6-15)16-7-9-3-10(13)5-11(14)4-9/h3-5,8,12,16H,6-7,15H2,1-2H3. The lowest BCUT2D eigenvalue weighted by atomic mass is 10.0. The van der Waals surface area contributed by atoms with Gasteiger partial charge in [-0.15, -0.1) is 0 Å². The number of nitrogens with two attached hydrogens (primary N) is 1. The maximum Gasteiger partial charge on any atom is 0.124 e. The molecule has 0 heterocycles. The van der Waals surface area contributed by atoms with Gasteiger partial charge in [0.2, 0.25) is 0 Å². The Kier molecular flexibility index (Phi) is 5.38. The summed E-state index contributed by atoms with van der Waals surface area (Å²) in [6.45, 7) is 5.46. The molecule has 0 aliphatic heterocycles. The van der Waals surface area contributed by atoms with Crippen molar-refractivity contribution in [1.82, 2.24) is 5.32 Å². The summed E-state index contributed by atoms with van der Waals surface area (Å²) in [4.78, 5) is 0. The van der Waals surface area contributed by atoms with Gasteiger partial charge in [-0.1, -0.05) is 29.8 Å². The summed E-state index contributed by atoms with van der Waals surface area (Å²) in [6.07, 6.45) is 0. The van der Waals surface area contributed by atoms with Gasteiger partial charge < -0.3 is 11.1 Å². The molecule has 1 aromatic carbocycles. The van der Waals surface area contributed by atoms with Gasteiger partial charge in [0.15, 0.2) is 0 Å². The third kappa shape index (κ3) is 4.20. The lowest BCUT2D eigenvalue weighted by molar-refractivity contribution is 0.404. The molecule has 16 heavy (non-hydrogen) atoms. The van der Waals surface area contributed by atoms with Crippen LogP contribution in [0.15, 0.2) is 22.7 Å². The minimum absolute atomic E-state index is 0.222. The first kappa shape index (κ1) is 13.6. The van der Waals surface area contributed by atoms with E-state index in [0.29, 0.717) is 19.0 Å². The van der Waals surface area contributed by atoms with Crippen LogP contribution in [0.25, 0.3) is 0 Å². The summed E-state index contributed by atoms with van der Waals surface area (Å²) in [5, 5.41) is 3.33. The minimum atomic E-state index is -0.222. The van der Waals surface area contributed by atoms with Crippen LogP contribution in [0, 0.1) is 11.7 Å². The number of hydrogen-bond donors (Lipinski definition) is 2. The van der Waals surface area contributed by atoms with Crippen LogP contribution < -0.4 is 11.1 Å².